The molecule has 1 unspecified atom stereocenters. The molecule has 2 N–H and O–H groups in total. The second-order valence-electron chi connectivity index (χ2n) is 4.50. The van der Waals surface area contributed by atoms with Crippen molar-refractivity contribution < 1.29 is 9.13 Å². The predicted octanol–water partition coefficient (Wildman–Crippen LogP) is 4.27. The normalized spacial score (nSPS) is 12.2. The molecule has 2 nitrogen and oxygen atoms in total. The molecule has 19 heavy (non-hydrogen) atoms. The molecular weight excluding hydrogens is 309 g/mol. The molecule has 2 aromatic carbocycles. The summed E-state index contributed by atoms with van der Waals surface area (Å²) in [4.78, 5) is 0. The third-order valence-corrected chi connectivity index (χ3v) is 3.12. The fourth-order valence-corrected chi connectivity index (χ4v) is 2.02. The van der Waals surface area contributed by atoms with Gasteiger partial charge in [0, 0.05) is 10.5 Å². The number of ether oxygens (including phenoxy) is 1. The van der Waals surface area contributed by atoms with E-state index in [1.165, 1.54) is 6.07 Å². The van der Waals surface area contributed by atoms with Crippen molar-refractivity contribution in [1.29, 1.82) is 0 Å². The Kier molecular flexibility index (Phi) is 4.56. The first-order valence-corrected chi connectivity index (χ1v) is 6.81. The molecule has 0 aromatic heterocycles. The van der Waals surface area contributed by atoms with E-state index >= 15 is 0 Å². The molecule has 0 heterocycles. The fourth-order valence-electron chi connectivity index (χ4n) is 1.76. The molecule has 0 amide bonds. The van der Waals surface area contributed by atoms with Crippen molar-refractivity contribution in [3.05, 3.63) is 58.3 Å². The van der Waals surface area contributed by atoms with Gasteiger partial charge in [0.25, 0.3) is 0 Å². The summed E-state index contributed by atoms with van der Waals surface area (Å²) in [7, 11) is 0. The van der Waals surface area contributed by atoms with E-state index in [2.05, 4.69) is 15.9 Å². The molecule has 4 heteroatoms. The van der Waals surface area contributed by atoms with Crippen molar-refractivity contribution in [1.82, 2.24) is 0 Å². The lowest BCUT2D eigenvalue weighted by atomic mass is 10.1. The maximum absolute atomic E-state index is 13.9. The van der Waals surface area contributed by atoms with Crippen LogP contribution in [0.3, 0.4) is 0 Å². The van der Waals surface area contributed by atoms with Gasteiger partial charge in [-0.05, 0) is 55.3 Å². The number of benzene rings is 2. The maximum Gasteiger partial charge on any atom is 0.165 e. The van der Waals surface area contributed by atoms with E-state index in [-0.39, 0.29) is 17.6 Å². The molecule has 0 spiro atoms. The quantitative estimate of drug-likeness (QED) is 0.911. The molecule has 100 valence electrons. The minimum absolute atomic E-state index is 0.0117. The molecule has 0 saturated heterocycles. The highest BCUT2D eigenvalue weighted by atomic mass is 79.9. The highest BCUT2D eigenvalue weighted by Gasteiger charge is 2.07. The second-order valence-corrected chi connectivity index (χ2v) is 5.42. The van der Waals surface area contributed by atoms with Gasteiger partial charge in [0.1, 0.15) is 5.75 Å². The van der Waals surface area contributed by atoms with Crippen molar-refractivity contribution in [2.45, 2.75) is 19.4 Å². The van der Waals surface area contributed by atoms with Gasteiger partial charge >= 0.3 is 0 Å². The first kappa shape index (κ1) is 14.0. The van der Waals surface area contributed by atoms with Crippen LogP contribution in [0.2, 0.25) is 0 Å². The molecule has 1 atom stereocenters. The van der Waals surface area contributed by atoms with Crippen LogP contribution < -0.4 is 10.5 Å². The monoisotopic (exact) mass is 323 g/mol. The first-order chi connectivity index (χ1) is 9.04. The number of nitrogens with two attached hydrogens (primary N) is 1. The number of halogens is 2. The van der Waals surface area contributed by atoms with Gasteiger partial charge in [-0.3, -0.25) is 0 Å². The van der Waals surface area contributed by atoms with Gasteiger partial charge in [-0.1, -0.05) is 22.0 Å². The van der Waals surface area contributed by atoms with Crippen molar-refractivity contribution >= 4 is 15.9 Å². The Hall–Kier alpha value is -1.39. The van der Waals surface area contributed by atoms with Crippen LogP contribution in [-0.4, -0.2) is 6.04 Å². The Morgan fingerprint density at radius 2 is 1.89 bits per heavy atom. The maximum atomic E-state index is 13.9. The summed E-state index contributed by atoms with van der Waals surface area (Å²) in [5, 5.41) is 0. The van der Waals surface area contributed by atoms with Crippen LogP contribution in [0.1, 0.15) is 12.5 Å². The smallest absolute Gasteiger partial charge is 0.165 e. The highest BCUT2D eigenvalue weighted by Crippen LogP contribution is 2.26. The van der Waals surface area contributed by atoms with Crippen LogP contribution in [-0.2, 0) is 6.42 Å². The summed E-state index contributed by atoms with van der Waals surface area (Å²) in [6.45, 7) is 1.89. The van der Waals surface area contributed by atoms with Gasteiger partial charge in [-0.2, -0.15) is 0 Å². The Morgan fingerprint density at radius 1 is 1.21 bits per heavy atom. The summed E-state index contributed by atoms with van der Waals surface area (Å²) in [5.74, 6) is 0.443. The van der Waals surface area contributed by atoms with Crippen LogP contribution in [0.5, 0.6) is 11.5 Å². The molecular formula is C15H15BrFNO. The zero-order chi connectivity index (χ0) is 13.8. The molecule has 2 aromatic rings. The molecule has 0 aliphatic rings. The Bertz CT molecular complexity index is 555. The zero-order valence-electron chi connectivity index (χ0n) is 10.6. The molecule has 0 radical (unpaired) electrons. The topological polar surface area (TPSA) is 35.2 Å². The Labute approximate surface area is 120 Å². The van der Waals surface area contributed by atoms with Crippen molar-refractivity contribution in [2.75, 3.05) is 0 Å². The third kappa shape index (κ3) is 4.04. The summed E-state index contributed by atoms with van der Waals surface area (Å²) in [6, 6.07) is 12.2. The van der Waals surface area contributed by atoms with E-state index in [0.717, 1.165) is 10.0 Å². The minimum Gasteiger partial charge on any atom is -0.454 e. The van der Waals surface area contributed by atoms with Gasteiger partial charge < -0.3 is 10.5 Å². The van der Waals surface area contributed by atoms with Crippen LogP contribution in [0.15, 0.2) is 46.9 Å². The SMILES string of the molecule is CC(N)Cc1ccc(Oc2ccc(Br)cc2)c(F)c1. The molecule has 0 aliphatic heterocycles. The minimum atomic E-state index is -0.374. The van der Waals surface area contributed by atoms with E-state index in [0.29, 0.717) is 12.2 Å². The number of hydrogen-bond donors (Lipinski definition) is 1. The summed E-state index contributed by atoms with van der Waals surface area (Å²) in [6.07, 6.45) is 0.648. The van der Waals surface area contributed by atoms with E-state index < -0.39 is 0 Å². The largest absolute Gasteiger partial charge is 0.454 e. The van der Waals surface area contributed by atoms with Gasteiger partial charge in [-0.25, -0.2) is 4.39 Å². The fraction of sp³-hybridized carbons (Fsp3) is 0.200. The van der Waals surface area contributed by atoms with E-state index in [1.807, 2.05) is 25.1 Å². The Morgan fingerprint density at radius 3 is 2.47 bits per heavy atom. The van der Waals surface area contributed by atoms with Gasteiger partial charge in [0.05, 0.1) is 0 Å². The summed E-state index contributed by atoms with van der Waals surface area (Å²) < 4.78 is 20.3. The first-order valence-electron chi connectivity index (χ1n) is 6.02. The summed E-state index contributed by atoms with van der Waals surface area (Å²) in [5.41, 5.74) is 6.56. The van der Waals surface area contributed by atoms with Crippen LogP contribution in [0.4, 0.5) is 4.39 Å². The van der Waals surface area contributed by atoms with E-state index in [1.54, 1.807) is 18.2 Å². The second kappa shape index (κ2) is 6.17. The van der Waals surface area contributed by atoms with Crippen LogP contribution in [0, 0.1) is 5.82 Å². The molecule has 0 saturated carbocycles. The molecule has 0 aliphatic carbocycles. The summed E-state index contributed by atoms with van der Waals surface area (Å²) >= 11 is 3.34. The highest BCUT2D eigenvalue weighted by molar-refractivity contribution is 9.10. The third-order valence-electron chi connectivity index (χ3n) is 2.60. The predicted molar refractivity (Wildman–Crippen MR) is 78.0 cm³/mol. The van der Waals surface area contributed by atoms with E-state index in [4.69, 9.17) is 10.5 Å². The lowest BCUT2D eigenvalue weighted by molar-refractivity contribution is 0.441. The lowest BCUT2D eigenvalue weighted by Crippen LogP contribution is -2.17. The number of rotatable bonds is 4. The molecule has 0 bridgehead atoms. The Balaban J connectivity index is 2.15. The lowest BCUT2D eigenvalue weighted by Gasteiger charge is -2.09. The average molecular weight is 324 g/mol. The van der Waals surface area contributed by atoms with Crippen molar-refractivity contribution in [2.24, 2.45) is 5.73 Å². The van der Waals surface area contributed by atoms with Crippen LogP contribution in [0.25, 0.3) is 0 Å². The van der Waals surface area contributed by atoms with Gasteiger partial charge in [0.2, 0.25) is 0 Å². The molecule has 2 rings (SSSR count). The van der Waals surface area contributed by atoms with Crippen LogP contribution >= 0.6 is 15.9 Å². The van der Waals surface area contributed by atoms with Gasteiger partial charge in [-0.15, -0.1) is 0 Å². The zero-order valence-corrected chi connectivity index (χ0v) is 12.2. The average Bonchev–Trinajstić information content (AvgIpc) is 2.34. The van der Waals surface area contributed by atoms with E-state index in [9.17, 15) is 4.39 Å². The van der Waals surface area contributed by atoms with Gasteiger partial charge in [0.15, 0.2) is 11.6 Å². The van der Waals surface area contributed by atoms with Crippen molar-refractivity contribution in [3.63, 3.8) is 0 Å². The molecule has 0 fully saturated rings. The number of hydrogen-bond acceptors (Lipinski definition) is 2. The standard InChI is InChI=1S/C15H15BrFNO/c1-10(18)8-11-2-7-15(14(17)9-11)19-13-5-3-12(16)4-6-13/h2-7,9-10H,8,18H2,1H3. The van der Waals surface area contributed by atoms with Crippen molar-refractivity contribution in [3.8, 4) is 11.5 Å².